The van der Waals surface area contributed by atoms with Crippen molar-refractivity contribution >= 4 is 30.0 Å². The zero-order chi connectivity index (χ0) is 23.5. The average molecular weight is 450 g/mol. The highest BCUT2D eigenvalue weighted by Crippen LogP contribution is 2.38. The van der Waals surface area contributed by atoms with Crippen LogP contribution in [0.5, 0.6) is 0 Å². The number of carbonyl (C=O) groups excluding carboxylic acids is 2. The van der Waals surface area contributed by atoms with Gasteiger partial charge in [0.05, 0.1) is 18.5 Å². The maximum absolute atomic E-state index is 13.2. The normalized spacial score (nSPS) is 23.3. The number of rotatable bonds is 8. The van der Waals surface area contributed by atoms with Gasteiger partial charge in [-0.05, 0) is 11.1 Å². The quantitative estimate of drug-likeness (QED) is 0.592. The molecule has 2 fully saturated rings. The Morgan fingerprint density at radius 2 is 1.67 bits per heavy atom. The second kappa shape index (κ2) is 9.15. The van der Waals surface area contributed by atoms with Crippen molar-refractivity contribution in [1.29, 1.82) is 0 Å². The maximum atomic E-state index is 13.2. The fourth-order valence-corrected chi connectivity index (χ4v) is 4.27. The Bertz CT molecular complexity index is 1090. The predicted molar refractivity (Wildman–Crippen MR) is 116 cm³/mol. The Balaban J connectivity index is 1.70. The zero-order valence-electron chi connectivity index (χ0n) is 17.5. The lowest BCUT2D eigenvalue weighted by Gasteiger charge is -2.51. The monoisotopic (exact) mass is 450 g/mol. The van der Waals surface area contributed by atoms with Crippen molar-refractivity contribution < 1.29 is 34.1 Å². The molecule has 2 heterocycles. The molecule has 4 atom stereocenters. The van der Waals surface area contributed by atoms with Crippen molar-refractivity contribution in [2.75, 3.05) is 6.61 Å². The van der Waals surface area contributed by atoms with Gasteiger partial charge in [-0.15, -0.1) is 0 Å². The van der Waals surface area contributed by atoms with Crippen molar-refractivity contribution in [1.82, 2.24) is 9.80 Å². The van der Waals surface area contributed by atoms with Gasteiger partial charge < -0.3 is 19.8 Å². The number of amides is 2. The summed E-state index contributed by atoms with van der Waals surface area (Å²) < 4.78 is 5.24. The number of hydrogen-bond donors (Lipinski definition) is 2. The lowest BCUT2D eigenvalue weighted by molar-refractivity contribution is -0.170. The molecule has 0 aromatic heterocycles. The molecule has 2 aliphatic heterocycles. The van der Waals surface area contributed by atoms with Gasteiger partial charge in [-0.3, -0.25) is 14.5 Å². The van der Waals surface area contributed by atoms with Crippen molar-refractivity contribution in [2.24, 2.45) is 0 Å². The fraction of sp³-hybridized carbons (Fsp3) is 0.250. The van der Waals surface area contributed by atoms with Crippen LogP contribution in [0.4, 0.5) is 4.79 Å². The van der Waals surface area contributed by atoms with Crippen LogP contribution in [0.3, 0.4) is 0 Å². The van der Waals surface area contributed by atoms with Crippen LogP contribution in [0.2, 0.25) is 0 Å². The lowest BCUT2D eigenvalue weighted by Crippen LogP contribution is -2.73. The molecule has 0 radical (unpaired) electrons. The van der Waals surface area contributed by atoms with Crippen LogP contribution in [-0.4, -0.2) is 68.7 Å². The number of β-lactam (4-membered cyclic amide) rings is 1. The number of carboxylic acids is 2. The van der Waals surface area contributed by atoms with Gasteiger partial charge in [0.2, 0.25) is 5.91 Å². The number of carbonyl (C=O) groups is 4. The van der Waals surface area contributed by atoms with Crippen LogP contribution in [0.25, 0.3) is 6.08 Å². The van der Waals surface area contributed by atoms with Gasteiger partial charge >= 0.3 is 18.0 Å². The van der Waals surface area contributed by atoms with Crippen LogP contribution in [0.15, 0.2) is 66.7 Å². The Labute approximate surface area is 189 Å². The summed E-state index contributed by atoms with van der Waals surface area (Å²) >= 11 is 0. The van der Waals surface area contributed by atoms with E-state index in [4.69, 9.17) is 4.74 Å². The largest absolute Gasteiger partial charge is 0.481 e. The topological polar surface area (TPSA) is 124 Å². The van der Waals surface area contributed by atoms with Gasteiger partial charge in [0, 0.05) is 0 Å². The summed E-state index contributed by atoms with van der Waals surface area (Å²) in [5, 5.41) is 18.8. The molecule has 4 rings (SSSR count). The summed E-state index contributed by atoms with van der Waals surface area (Å²) in [5.74, 6) is -3.40. The number of cyclic esters (lactones) is 1. The third kappa shape index (κ3) is 4.30. The molecule has 0 aliphatic carbocycles. The number of likely N-dealkylation sites (tertiary alicyclic amines) is 1. The van der Waals surface area contributed by atoms with E-state index in [1.54, 1.807) is 12.2 Å². The van der Waals surface area contributed by atoms with Crippen molar-refractivity contribution in [3.8, 4) is 0 Å². The number of aliphatic carboxylic acids is 2. The first kappa shape index (κ1) is 22.1. The van der Waals surface area contributed by atoms with Crippen molar-refractivity contribution in [3.63, 3.8) is 0 Å². The number of nitrogens with zero attached hydrogens (tertiary/aromatic N) is 2. The van der Waals surface area contributed by atoms with Gasteiger partial charge in [-0.1, -0.05) is 72.8 Å². The van der Waals surface area contributed by atoms with E-state index in [9.17, 15) is 29.4 Å². The smallest absolute Gasteiger partial charge is 0.411 e. The molecule has 9 heteroatoms. The predicted octanol–water partition coefficient (Wildman–Crippen LogP) is 2.40. The van der Waals surface area contributed by atoms with Crippen molar-refractivity contribution in [2.45, 2.75) is 30.6 Å². The first-order valence-corrected chi connectivity index (χ1v) is 10.4. The zero-order valence-corrected chi connectivity index (χ0v) is 17.5. The number of carboxylic acid groups (broad SMARTS) is 2. The second-order valence-corrected chi connectivity index (χ2v) is 7.81. The molecular formula is C24H22N2O7. The SMILES string of the molecule is O=C(O)C[C@@H](C(=O)O)N1C(=O)[C@@H](N2C(=O)OC[C@@H]2c2ccccc2)[C@@H]1C=Cc1ccccc1. The van der Waals surface area contributed by atoms with E-state index in [-0.39, 0.29) is 6.61 Å². The second-order valence-electron chi connectivity index (χ2n) is 7.81. The number of hydrogen-bond acceptors (Lipinski definition) is 5. The van der Waals surface area contributed by atoms with E-state index in [0.717, 1.165) is 16.0 Å². The minimum Gasteiger partial charge on any atom is -0.481 e. The van der Waals surface area contributed by atoms with Crippen molar-refractivity contribution in [3.05, 3.63) is 77.9 Å². The summed E-state index contributed by atoms with van der Waals surface area (Å²) in [6.07, 6.45) is 1.92. The molecule has 2 aromatic rings. The third-order valence-electron chi connectivity index (χ3n) is 5.82. The summed E-state index contributed by atoms with van der Waals surface area (Å²) in [5.41, 5.74) is 1.59. The molecule has 0 unspecified atom stereocenters. The summed E-state index contributed by atoms with van der Waals surface area (Å²) in [6, 6.07) is 14.3. The molecule has 2 aromatic carbocycles. The molecule has 170 valence electrons. The van der Waals surface area contributed by atoms with Gasteiger partial charge in [0.1, 0.15) is 18.7 Å². The number of ether oxygens (including phenoxy) is 1. The van der Waals surface area contributed by atoms with Crippen LogP contribution in [0.1, 0.15) is 23.6 Å². The highest BCUT2D eigenvalue weighted by atomic mass is 16.6. The van der Waals surface area contributed by atoms with Gasteiger partial charge in [0.25, 0.3) is 0 Å². The van der Waals surface area contributed by atoms with Gasteiger partial charge in [-0.2, -0.15) is 0 Å². The Hall–Kier alpha value is -4.14. The van der Waals surface area contributed by atoms with Crippen LogP contribution in [-0.2, 0) is 19.1 Å². The molecule has 2 amide bonds. The summed E-state index contributed by atoms with van der Waals surface area (Å²) in [4.78, 5) is 51.3. The molecule has 9 nitrogen and oxygen atoms in total. The first-order chi connectivity index (χ1) is 15.9. The van der Waals surface area contributed by atoms with Crippen LogP contribution in [0, 0.1) is 0 Å². The first-order valence-electron chi connectivity index (χ1n) is 10.4. The molecule has 0 bridgehead atoms. The minimum atomic E-state index is -1.56. The minimum absolute atomic E-state index is 0.0548. The standard InChI is InChI=1S/C24H22N2O7/c27-20(28)13-18(23(30)31)25-17(12-11-15-7-3-1-4-8-15)21(22(25)29)26-19(14-33-24(26)32)16-9-5-2-6-10-16/h1-12,17-19,21H,13-14H2,(H,27,28)(H,30,31)/t17-,18-,19+,21-/m0/s1. The van der Waals surface area contributed by atoms with Crippen LogP contribution >= 0.6 is 0 Å². The van der Waals surface area contributed by atoms with E-state index in [1.807, 2.05) is 60.7 Å². The molecule has 2 N–H and O–H groups in total. The van der Waals surface area contributed by atoms with E-state index in [2.05, 4.69) is 0 Å². The van der Waals surface area contributed by atoms with Crippen LogP contribution < -0.4 is 0 Å². The molecule has 0 spiro atoms. The molecule has 0 saturated carbocycles. The van der Waals surface area contributed by atoms with Gasteiger partial charge in [-0.25, -0.2) is 9.59 Å². The van der Waals surface area contributed by atoms with E-state index >= 15 is 0 Å². The molecule has 2 saturated heterocycles. The number of benzene rings is 2. The van der Waals surface area contributed by atoms with E-state index in [1.165, 1.54) is 4.90 Å². The highest BCUT2D eigenvalue weighted by Gasteiger charge is 2.58. The van der Waals surface area contributed by atoms with Gasteiger partial charge in [0.15, 0.2) is 0 Å². The molecule has 33 heavy (non-hydrogen) atoms. The third-order valence-corrected chi connectivity index (χ3v) is 5.82. The highest BCUT2D eigenvalue weighted by molar-refractivity contribution is 5.97. The lowest BCUT2D eigenvalue weighted by atomic mass is 9.87. The van der Waals surface area contributed by atoms with E-state index in [0.29, 0.717) is 0 Å². The average Bonchev–Trinajstić information content (AvgIpc) is 3.17. The Morgan fingerprint density at radius 3 is 2.27 bits per heavy atom. The summed E-state index contributed by atoms with van der Waals surface area (Å²) in [7, 11) is 0. The Kier molecular flexibility index (Phi) is 6.12. The summed E-state index contributed by atoms with van der Waals surface area (Å²) in [6.45, 7) is 0.0548. The molecular weight excluding hydrogens is 428 g/mol. The fourth-order valence-electron chi connectivity index (χ4n) is 4.27. The van der Waals surface area contributed by atoms with E-state index < -0.39 is 54.5 Å². The Morgan fingerprint density at radius 1 is 1.03 bits per heavy atom. The maximum Gasteiger partial charge on any atom is 0.411 e. The molecule has 2 aliphatic rings.